The molecule has 2 heterocycles. The minimum Gasteiger partial charge on any atom is -0.335 e. The maximum Gasteiger partial charge on any atom is 0.315 e. The van der Waals surface area contributed by atoms with Crippen molar-refractivity contribution in [3.63, 3.8) is 0 Å². The molecule has 1 aliphatic carbocycles. The zero-order valence-corrected chi connectivity index (χ0v) is 11.7. The van der Waals surface area contributed by atoms with Gasteiger partial charge < -0.3 is 20.9 Å². The lowest BCUT2D eigenvalue weighted by atomic mass is 9.98. The average Bonchev–Trinajstić information content (AvgIpc) is 3.11. The molecule has 5 heteroatoms. The first-order chi connectivity index (χ1) is 9.29. The van der Waals surface area contributed by atoms with Crippen molar-refractivity contribution in [3.8, 4) is 0 Å². The van der Waals surface area contributed by atoms with E-state index < -0.39 is 0 Å². The zero-order valence-electron chi connectivity index (χ0n) is 11.7. The van der Waals surface area contributed by atoms with E-state index in [9.17, 15) is 4.79 Å². The van der Waals surface area contributed by atoms with Gasteiger partial charge in [-0.3, -0.25) is 0 Å². The van der Waals surface area contributed by atoms with Crippen LogP contribution < -0.4 is 16.0 Å². The number of rotatable bonds is 4. The molecule has 3 aliphatic rings. The molecule has 2 aliphatic heterocycles. The number of nitrogens with zero attached hydrogens (tertiary/aromatic N) is 1. The summed E-state index contributed by atoms with van der Waals surface area (Å²) in [7, 11) is 0. The van der Waals surface area contributed by atoms with E-state index in [4.69, 9.17) is 0 Å². The topological polar surface area (TPSA) is 56.4 Å². The number of piperidine rings is 1. The van der Waals surface area contributed by atoms with Gasteiger partial charge in [0.2, 0.25) is 0 Å². The highest BCUT2D eigenvalue weighted by Crippen LogP contribution is 2.19. The molecule has 0 aromatic heterocycles. The van der Waals surface area contributed by atoms with E-state index in [0.29, 0.717) is 12.1 Å². The smallest absolute Gasteiger partial charge is 0.315 e. The second kappa shape index (κ2) is 6.09. The summed E-state index contributed by atoms with van der Waals surface area (Å²) in [5, 5.41) is 9.53. The van der Waals surface area contributed by atoms with Crippen molar-refractivity contribution in [1.82, 2.24) is 20.9 Å². The lowest BCUT2D eigenvalue weighted by Gasteiger charge is -2.27. The summed E-state index contributed by atoms with van der Waals surface area (Å²) in [6, 6.07) is 0.837. The van der Waals surface area contributed by atoms with Crippen LogP contribution in [0.15, 0.2) is 0 Å². The summed E-state index contributed by atoms with van der Waals surface area (Å²) in [5.74, 6) is 0.847. The third kappa shape index (κ3) is 4.08. The summed E-state index contributed by atoms with van der Waals surface area (Å²) in [5.41, 5.74) is 0. The van der Waals surface area contributed by atoms with Gasteiger partial charge in [-0.1, -0.05) is 0 Å². The fourth-order valence-electron chi connectivity index (χ4n) is 3.19. The largest absolute Gasteiger partial charge is 0.335 e. The molecule has 108 valence electrons. The number of nitrogens with one attached hydrogen (secondary N) is 3. The monoisotopic (exact) mass is 266 g/mol. The maximum absolute atomic E-state index is 11.7. The van der Waals surface area contributed by atoms with E-state index in [1.807, 2.05) is 0 Å². The molecule has 1 atom stereocenters. The van der Waals surface area contributed by atoms with Crippen LogP contribution >= 0.6 is 0 Å². The number of amides is 2. The molecule has 0 aromatic rings. The lowest BCUT2D eigenvalue weighted by molar-refractivity contribution is 0.227. The lowest BCUT2D eigenvalue weighted by Crippen LogP contribution is -2.44. The van der Waals surface area contributed by atoms with Crippen LogP contribution in [0.4, 0.5) is 4.79 Å². The van der Waals surface area contributed by atoms with E-state index in [2.05, 4.69) is 20.9 Å². The molecule has 1 unspecified atom stereocenters. The van der Waals surface area contributed by atoms with Crippen LogP contribution in [0.25, 0.3) is 0 Å². The Kier molecular flexibility index (Phi) is 4.23. The molecule has 3 N–H and O–H groups in total. The second-order valence-corrected chi connectivity index (χ2v) is 6.33. The van der Waals surface area contributed by atoms with E-state index in [1.165, 1.54) is 32.5 Å². The van der Waals surface area contributed by atoms with Gasteiger partial charge in [-0.15, -0.1) is 0 Å². The van der Waals surface area contributed by atoms with E-state index >= 15 is 0 Å². The number of carbonyl (C=O) groups is 1. The molecule has 5 nitrogen and oxygen atoms in total. The normalized spacial score (nSPS) is 29.4. The Morgan fingerprint density at radius 2 is 1.79 bits per heavy atom. The van der Waals surface area contributed by atoms with Crippen LogP contribution in [-0.4, -0.2) is 55.7 Å². The van der Waals surface area contributed by atoms with Gasteiger partial charge in [-0.25, -0.2) is 4.79 Å². The standard InChI is InChI=1S/C14H26N4O/c19-14(16-12-1-2-12)17-13-5-8-18(10-13)9-11-3-6-15-7-4-11/h11-13,15H,1-10H2,(H2,16,17,19). The summed E-state index contributed by atoms with van der Waals surface area (Å²) >= 11 is 0. The van der Waals surface area contributed by atoms with Crippen molar-refractivity contribution in [2.45, 2.75) is 44.2 Å². The van der Waals surface area contributed by atoms with Crippen molar-refractivity contribution < 1.29 is 4.79 Å². The average molecular weight is 266 g/mol. The fourth-order valence-corrected chi connectivity index (χ4v) is 3.19. The first-order valence-corrected chi connectivity index (χ1v) is 7.80. The Morgan fingerprint density at radius 1 is 1.05 bits per heavy atom. The SMILES string of the molecule is O=C(NC1CC1)NC1CCN(CC2CCNCC2)C1. The molecule has 1 saturated carbocycles. The summed E-state index contributed by atoms with van der Waals surface area (Å²) in [4.78, 5) is 14.2. The molecule has 3 rings (SSSR count). The van der Waals surface area contributed by atoms with Gasteiger partial charge in [0.1, 0.15) is 0 Å². The highest BCUT2D eigenvalue weighted by molar-refractivity contribution is 5.74. The highest BCUT2D eigenvalue weighted by atomic mass is 16.2. The molecule has 2 saturated heterocycles. The Bertz CT molecular complexity index is 313. The minimum absolute atomic E-state index is 0.0382. The molecule has 3 fully saturated rings. The quantitative estimate of drug-likeness (QED) is 0.695. The van der Waals surface area contributed by atoms with Crippen LogP contribution in [0.5, 0.6) is 0 Å². The maximum atomic E-state index is 11.7. The molecular formula is C14H26N4O. The van der Waals surface area contributed by atoms with Crippen molar-refractivity contribution in [2.75, 3.05) is 32.7 Å². The van der Waals surface area contributed by atoms with Gasteiger partial charge in [-0.05, 0) is 51.1 Å². The number of urea groups is 1. The van der Waals surface area contributed by atoms with Crippen LogP contribution in [0, 0.1) is 5.92 Å². The number of carbonyl (C=O) groups excluding carboxylic acids is 1. The molecule has 0 radical (unpaired) electrons. The molecule has 0 aromatic carbocycles. The van der Waals surface area contributed by atoms with Gasteiger partial charge in [-0.2, -0.15) is 0 Å². The molecular weight excluding hydrogens is 240 g/mol. The number of hydrogen-bond acceptors (Lipinski definition) is 3. The number of likely N-dealkylation sites (tertiary alicyclic amines) is 1. The van der Waals surface area contributed by atoms with Gasteiger partial charge >= 0.3 is 6.03 Å². The fraction of sp³-hybridized carbons (Fsp3) is 0.929. The van der Waals surface area contributed by atoms with Gasteiger partial charge in [0.15, 0.2) is 0 Å². The van der Waals surface area contributed by atoms with Crippen molar-refractivity contribution in [3.05, 3.63) is 0 Å². The van der Waals surface area contributed by atoms with Crippen molar-refractivity contribution in [1.29, 1.82) is 0 Å². The Morgan fingerprint density at radius 3 is 2.53 bits per heavy atom. The van der Waals surface area contributed by atoms with Crippen LogP contribution in [-0.2, 0) is 0 Å². The first kappa shape index (κ1) is 13.2. The second-order valence-electron chi connectivity index (χ2n) is 6.33. The van der Waals surface area contributed by atoms with Gasteiger partial charge in [0, 0.05) is 31.7 Å². The van der Waals surface area contributed by atoms with Crippen LogP contribution in [0.2, 0.25) is 0 Å². The van der Waals surface area contributed by atoms with E-state index in [1.54, 1.807) is 0 Å². The summed E-state index contributed by atoms with van der Waals surface area (Å²) in [6.45, 7) is 5.72. The van der Waals surface area contributed by atoms with Crippen LogP contribution in [0.1, 0.15) is 32.1 Å². The van der Waals surface area contributed by atoms with Crippen LogP contribution in [0.3, 0.4) is 0 Å². The predicted octanol–water partition coefficient (Wildman–Crippen LogP) is 0.522. The van der Waals surface area contributed by atoms with E-state index in [-0.39, 0.29) is 6.03 Å². The first-order valence-electron chi connectivity index (χ1n) is 7.80. The van der Waals surface area contributed by atoms with E-state index in [0.717, 1.165) is 38.3 Å². The molecule has 2 amide bonds. The minimum atomic E-state index is 0.0382. The van der Waals surface area contributed by atoms with Crippen molar-refractivity contribution in [2.24, 2.45) is 5.92 Å². The third-order valence-corrected chi connectivity index (χ3v) is 4.50. The Hall–Kier alpha value is -0.810. The molecule has 19 heavy (non-hydrogen) atoms. The van der Waals surface area contributed by atoms with Gasteiger partial charge in [0.05, 0.1) is 0 Å². The summed E-state index contributed by atoms with van der Waals surface area (Å²) in [6.07, 6.45) is 6.01. The van der Waals surface area contributed by atoms with Crippen molar-refractivity contribution >= 4 is 6.03 Å². The predicted molar refractivity (Wildman–Crippen MR) is 75.1 cm³/mol. The molecule has 0 spiro atoms. The Balaban J connectivity index is 1.35. The third-order valence-electron chi connectivity index (χ3n) is 4.50. The highest BCUT2D eigenvalue weighted by Gasteiger charge is 2.28. The molecule has 0 bridgehead atoms. The number of hydrogen-bond donors (Lipinski definition) is 3. The Labute approximate surface area is 115 Å². The zero-order chi connectivity index (χ0) is 13.1. The summed E-state index contributed by atoms with van der Waals surface area (Å²) < 4.78 is 0. The van der Waals surface area contributed by atoms with Gasteiger partial charge in [0.25, 0.3) is 0 Å².